The fraction of sp³-hybridized carbons (Fsp3) is 0.750. The van der Waals surface area contributed by atoms with E-state index in [0.717, 1.165) is 12.8 Å². The molecule has 80 valence electrons. The maximum absolute atomic E-state index is 11.7. The predicted molar refractivity (Wildman–Crippen MR) is 56.9 cm³/mol. The van der Waals surface area contributed by atoms with E-state index in [-0.39, 0.29) is 11.9 Å². The Bertz CT molecular complexity index is 249. The minimum Gasteiger partial charge on any atom is -0.466 e. The van der Waals surface area contributed by atoms with Crippen molar-refractivity contribution in [1.29, 1.82) is 0 Å². The predicted octanol–water partition coefficient (Wildman–Crippen LogP) is 2.93. The monoisotopic (exact) mass is 196 g/mol. The van der Waals surface area contributed by atoms with Crippen LogP contribution in [0.2, 0.25) is 0 Å². The third-order valence-corrected chi connectivity index (χ3v) is 3.00. The molecule has 2 nitrogen and oxygen atoms in total. The van der Waals surface area contributed by atoms with Gasteiger partial charge in [-0.25, -0.2) is 0 Å². The molecule has 1 aliphatic rings. The molecule has 0 heterocycles. The molecule has 0 spiro atoms. The van der Waals surface area contributed by atoms with E-state index >= 15 is 0 Å². The van der Waals surface area contributed by atoms with Crippen LogP contribution in [0.25, 0.3) is 0 Å². The van der Waals surface area contributed by atoms with Crippen molar-refractivity contribution in [3.8, 4) is 0 Å². The summed E-state index contributed by atoms with van der Waals surface area (Å²) < 4.78 is 5.10. The lowest BCUT2D eigenvalue weighted by molar-refractivity contribution is -0.147. The van der Waals surface area contributed by atoms with Crippen LogP contribution in [0, 0.1) is 11.8 Å². The number of carbonyl (C=O) groups excluding carboxylic acids is 1. The molecule has 14 heavy (non-hydrogen) atoms. The normalized spacial score (nSPS) is 26.4. The lowest BCUT2D eigenvalue weighted by atomic mass is 9.93. The first kappa shape index (κ1) is 11.3. The molecule has 0 amide bonds. The maximum Gasteiger partial charge on any atom is 0.313 e. The second kappa shape index (κ2) is 4.63. The van der Waals surface area contributed by atoms with Crippen molar-refractivity contribution in [3.05, 3.63) is 11.1 Å². The summed E-state index contributed by atoms with van der Waals surface area (Å²) in [6.45, 7) is 8.65. The van der Waals surface area contributed by atoms with E-state index < -0.39 is 0 Å². The highest BCUT2D eigenvalue weighted by atomic mass is 16.5. The van der Waals surface area contributed by atoms with Gasteiger partial charge in [0.05, 0.1) is 12.5 Å². The van der Waals surface area contributed by atoms with Crippen molar-refractivity contribution >= 4 is 5.97 Å². The highest BCUT2D eigenvalue weighted by Gasteiger charge is 2.35. The van der Waals surface area contributed by atoms with Gasteiger partial charge in [0, 0.05) is 0 Å². The summed E-state index contributed by atoms with van der Waals surface area (Å²) in [6, 6.07) is 0. The molecule has 0 unspecified atom stereocenters. The zero-order chi connectivity index (χ0) is 10.7. The average molecular weight is 196 g/mol. The van der Waals surface area contributed by atoms with Crippen molar-refractivity contribution < 1.29 is 9.53 Å². The van der Waals surface area contributed by atoms with E-state index in [0.29, 0.717) is 12.5 Å². The second-order valence-corrected chi connectivity index (χ2v) is 4.27. The van der Waals surface area contributed by atoms with Crippen LogP contribution >= 0.6 is 0 Å². The Labute approximate surface area is 86.3 Å². The Kier molecular flexibility index (Phi) is 3.73. The van der Waals surface area contributed by atoms with Gasteiger partial charge in [0.1, 0.15) is 0 Å². The number of carbonyl (C=O) groups is 1. The van der Waals surface area contributed by atoms with Gasteiger partial charge in [-0.2, -0.15) is 0 Å². The zero-order valence-corrected chi connectivity index (χ0v) is 9.59. The lowest BCUT2D eigenvalue weighted by Gasteiger charge is -2.16. The fourth-order valence-corrected chi connectivity index (χ4v) is 2.22. The summed E-state index contributed by atoms with van der Waals surface area (Å²) in [7, 11) is 0. The van der Waals surface area contributed by atoms with Crippen LogP contribution < -0.4 is 0 Å². The molecule has 1 saturated carbocycles. The van der Waals surface area contributed by atoms with Crippen molar-refractivity contribution in [2.75, 3.05) is 6.61 Å². The Hall–Kier alpha value is -0.790. The van der Waals surface area contributed by atoms with Gasteiger partial charge in [0.15, 0.2) is 0 Å². The number of esters is 1. The Morgan fingerprint density at radius 3 is 2.64 bits per heavy atom. The first-order valence-corrected chi connectivity index (χ1v) is 5.40. The molecule has 2 heteroatoms. The number of hydrogen-bond donors (Lipinski definition) is 0. The van der Waals surface area contributed by atoms with Gasteiger partial charge in [0.25, 0.3) is 0 Å². The topological polar surface area (TPSA) is 26.3 Å². The van der Waals surface area contributed by atoms with E-state index in [2.05, 4.69) is 20.8 Å². The molecule has 0 saturated heterocycles. The van der Waals surface area contributed by atoms with E-state index in [4.69, 9.17) is 4.74 Å². The third kappa shape index (κ3) is 2.17. The van der Waals surface area contributed by atoms with Crippen molar-refractivity contribution in [3.63, 3.8) is 0 Å². The molecule has 0 aromatic rings. The lowest BCUT2D eigenvalue weighted by Crippen LogP contribution is -2.21. The largest absolute Gasteiger partial charge is 0.466 e. The molecule has 0 radical (unpaired) electrons. The average Bonchev–Trinajstić information content (AvgIpc) is 2.47. The van der Waals surface area contributed by atoms with Gasteiger partial charge in [-0.1, -0.05) is 18.1 Å². The SMILES string of the molecule is CCOC(=O)[C@H]1C(=C(C)C)CC[C@H]1C. The molecular formula is C12H20O2. The van der Waals surface area contributed by atoms with Crippen LogP contribution in [0.1, 0.15) is 40.5 Å². The number of ether oxygens (including phenoxy) is 1. The van der Waals surface area contributed by atoms with Crippen molar-refractivity contribution in [1.82, 2.24) is 0 Å². The highest BCUT2D eigenvalue weighted by Crippen LogP contribution is 2.38. The molecule has 1 fully saturated rings. The van der Waals surface area contributed by atoms with E-state index in [1.807, 2.05) is 6.92 Å². The molecular weight excluding hydrogens is 176 g/mol. The standard InChI is InChI=1S/C12H20O2/c1-5-14-12(13)11-9(4)6-7-10(11)8(2)3/h9,11H,5-7H2,1-4H3/t9-,11-/m1/s1. The van der Waals surface area contributed by atoms with Gasteiger partial charge in [-0.05, 0) is 39.5 Å². The van der Waals surface area contributed by atoms with Crippen LogP contribution in [-0.4, -0.2) is 12.6 Å². The fourth-order valence-electron chi connectivity index (χ4n) is 2.22. The highest BCUT2D eigenvalue weighted by molar-refractivity contribution is 5.77. The van der Waals surface area contributed by atoms with Crippen molar-refractivity contribution in [2.45, 2.75) is 40.5 Å². The second-order valence-electron chi connectivity index (χ2n) is 4.27. The minimum atomic E-state index is -0.0336. The third-order valence-electron chi connectivity index (χ3n) is 3.00. The minimum absolute atomic E-state index is 0.0277. The van der Waals surface area contributed by atoms with Crippen molar-refractivity contribution in [2.24, 2.45) is 11.8 Å². The van der Waals surface area contributed by atoms with Crippen LogP contribution in [0.15, 0.2) is 11.1 Å². The van der Waals surface area contributed by atoms with Gasteiger partial charge in [0.2, 0.25) is 0 Å². The summed E-state index contributed by atoms with van der Waals surface area (Å²) in [6.07, 6.45) is 2.18. The summed E-state index contributed by atoms with van der Waals surface area (Å²) in [5, 5.41) is 0. The maximum atomic E-state index is 11.7. The smallest absolute Gasteiger partial charge is 0.313 e. The molecule has 0 aromatic carbocycles. The van der Waals surface area contributed by atoms with E-state index in [9.17, 15) is 4.79 Å². The molecule has 0 N–H and O–H groups in total. The van der Waals surface area contributed by atoms with Gasteiger partial charge in [-0.3, -0.25) is 4.79 Å². The van der Waals surface area contributed by atoms with Crippen LogP contribution in [0.4, 0.5) is 0 Å². The molecule has 0 bridgehead atoms. The Morgan fingerprint density at radius 1 is 1.50 bits per heavy atom. The Morgan fingerprint density at radius 2 is 2.14 bits per heavy atom. The molecule has 1 rings (SSSR count). The van der Waals surface area contributed by atoms with Gasteiger partial charge >= 0.3 is 5.97 Å². The Balaban J connectivity index is 2.82. The molecule has 1 aliphatic carbocycles. The van der Waals surface area contributed by atoms with Crippen LogP contribution in [-0.2, 0) is 9.53 Å². The van der Waals surface area contributed by atoms with Crippen LogP contribution in [0.5, 0.6) is 0 Å². The summed E-state index contributed by atoms with van der Waals surface area (Å²) >= 11 is 0. The molecule has 0 aromatic heterocycles. The summed E-state index contributed by atoms with van der Waals surface area (Å²) in [4.78, 5) is 11.7. The van der Waals surface area contributed by atoms with Gasteiger partial charge < -0.3 is 4.74 Å². The first-order chi connectivity index (χ1) is 6.57. The molecule has 0 aliphatic heterocycles. The zero-order valence-electron chi connectivity index (χ0n) is 9.59. The summed E-state index contributed by atoms with van der Waals surface area (Å²) in [5.74, 6) is 0.438. The first-order valence-electron chi connectivity index (χ1n) is 5.40. The van der Waals surface area contributed by atoms with E-state index in [1.54, 1.807) is 0 Å². The number of allylic oxidation sites excluding steroid dienone is 1. The van der Waals surface area contributed by atoms with Crippen LogP contribution in [0.3, 0.4) is 0 Å². The van der Waals surface area contributed by atoms with E-state index in [1.165, 1.54) is 11.1 Å². The van der Waals surface area contributed by atoms with Gasteiger partial charge in [-0.15, -0.1) is 0 Å². The number of rotatable bonds is 2. The number of hydrogen-bond acceptors (Lipinski definition) is 2. The quantitative estimate of drug-likeness (QED) is 0.501. The summed E-state index contributed by atoms with van der Waals surface area (Å²) in [5.41, 5.74) is 2.59. The molecule has 2 atom stereocenters.